The van der Waals surface area contributed by atoms with E-state index in [0.29, 0.717) is 18.4 Å². The van der Waals surface area contributed by atoms with E-state index >= 15 is 0 Å². The number of hydrogen-bond acceptors (Lipinski definition) is 2. The van der Waals surface area contributed by atoms with Gasteiger partial charge in [0.2, 0.25) is 0 Å². The van der Waals surface area contributed by atoms with E-state index in [1.165, 1.54) is 31.3 Å². The van der Waals surface area contributed by atoms with Crippen molar-refractivity contribution in [2.75, 3.05) is 13.2 Å². The maximum Gasteiger partial charge on any atom is 0.193 e. The van der Waals surface area contributed by atoms with Crippen molar-refractivity contribution in [3.63, 3.8) is 0 Å². The van der Waals surface area contributed by atoms with E-state index < -0.39 is 5.83 Å². The summed E-state index contributed by atoms with van der Waals surface area (Å²) in [5, 5.41) is 0. The SMILES string of the molecule is C=CC1CCC(CO/C=C/C=C(OCC)\C(F)=C\F)CC1. The molecule has 0 N–H and O–H groups in total. The highest BCUT2D eigenvalue weighted by Gasteiger charge is 2.18. The van der Waals surface area contributed by atoms with Gasteiger partial charge in [-0.3, -0.25) is 0 Å². The highest BCUT2D eigenvalue weighted by Crippen LogP contribution is 2.29. The number of rotatable bonds is 8. The minimum atomic E-state index is -1.02. The van der Waals surface area contributed by atoms with Crippen LogP contribution in [0.2, 0.25) is 0 Å². The maximum atomic E-state index is 13.1. The number of halogens is 2. The van der Waals surface area contributed by atoms with Crippen molar-refractivity contribution in [3.05, 3.63) is 49.0 Å². The van der Waals surface area contributed by atoms with E-state index in [2.05, 4.69) is 6.58 Å². The third kappa shape index (κ3) is 6.61. The zero-order valence-electron chi connectivity index (χ0n) is 12.6. The monoisotopic (exact) mass is 298 g/mol. The molecule has 1 fully saturated rings. The molecule has 4 heteroatoms. The molecule has 1 saturated carbocycles. The smallest absolute Gasteiger partial charge is 0.193 e. The van der Waals surface area contributed by atoms with Crippen LogP contribution in [0.4, 0.5) is 8.78 Å². The molecule has 0 aliphatic heterocycles. The molecule has 21 heavy (non-hydrogen) atoms. The first-order valence-electron chi connectivity index (χ1n) is 7.41. The Bertz CT molecular complexity index is 392. The Balaban J connectivity index is 2.32. The predicted molar refractivity (Wildman–Crippen MR) is 80.7 cm³/mol. The summed E-state index contributed by atoms with van der Waals surface area (Å²) in [4.78, 5) is 0. The van der Waals surface area contributed by atoms with Gasteiger partial charge in [-0.15, -0.1) is 6.58 Å². The molecule has 0 unspecified atom stereocenters. The van der Waals surface area contributed by atoms with Gasteiger partial charge in [0.05, 0.1) is 19.5 Å². The average Bonchev–Trinajstić information content (AvgIpc) is 2.53. The zero-order valence-corrected chi connectivity index (χ0v) is 12.6. The van der Waals surface area contributed by atoms with Crippen molar-refractivity contribution in [1.82, 2.24) is 0 Å². The summed E-state index contributed by atoms with van der Waals surface area (Å²) in [7, 11) is 0. The quantitative estimate of drug-likeness (QED) is 0.348. The summed E-state index contributed by atoms with van der Waals surface area (Å²) in [5.74, 6) is 0.0446. The van der Waals surface area contributed by atoms with Crippen LogP contribution in [0.3, 0.4) is 0 Å². The van der Waals surface area contributed by atoms with Crippen LogP contribution in [0, 0.1) is 11.8 Å². The normalized spacial score (nSPS) is 24.1. The van der Waals surface area contributed by atoms with E-state index in [-0.39, 0.29) is 18.7 Å². The Morgan fingerprint density at radius 1 is 1.29 bits per heavy atom. The molecule has 1 rings (SSSR count). The fourth-order valence-electron chi connectivity index (χ4n) is 2.37. The van der Waals surface area contributed by atoms with Crippen LogP contribution in [0.1, 0.15) is 32.6 Å². The lowest BCUT2D eigenvalue weighted by atomic mass is 9.82. The molecule has 2 nitrogen and oxygen atoms in total. The van der Waals surface area contributed by atoms with Gasteiger partial charge in [-0.25, -0.2) is 8.78 Å². The van der Waals surface area contributed by atoms with E-state index in [0.717, 1.165) is 12.8 Å². The summed E-state index contributed by atoms with van der Waals surface area (Å²) in [5.41, 5.74) is 0. The average molecular weight is 298 g/mol. The molecule has 0 radical (unpaired) electrons. The third-order valence-electron chi connectivity index (χ3n) is 3.61. The minimum Gasteiger partial charge on any atom is -0.501 e. The van der Waals surface area contributed by atoms with E-state index in [9.17, 15) is 8.78 Å². The van der Waals surface area contributed by atoms with Crippen molar-refractivity contribution in [1.29, 1.82) is 0 Å². The largest absolute Gasteiger partial charge is 0.501 e. The van der Waals surface area contributed by atoms with Gasteiger partial charge < -0.3 is 9.47 Å². The lowest BCUT2D eigenvalue weighted by Crippen LogP contribution is -2.16. The Kier molecular flexibility index (Phi) is 8.48. The molecular formula is C17H24F2O2. The van der Waals surface area contributed by atoms with Gasteiger partial charge in [-0.1, -0.05) is 6.08 Å². The second kappa shape index (κ2) is 10.2. The van der Waals surface area contributed by atoms with Crippen LogP contribution in [0.5, 0.6) is 0 Å². The van der Waals surface area contributed by atoms with Crippen molar-refractivity contribution in [2.45, 2.75) is 32.6 Å². The number of hydrogen-bond donors (Lipinski definition) is 0. The molecule has 0 bridgehead atoms. The summed E-state index contributed by atoms with van der Waals surface area (Å²) in [6.07, 6.45) is 10.9. The summed E-state index contributed by atoms with van der Waals surface area (Å²) in [6.45, 7) is 6.46. The Hall–Kier alpha value is -1.58. The van der Waals surface area contributed by atoms with Crippen molar-refractivity contribution < 1.29 is 18.3 Å². The summed E-state index contributed by atoms with van der Waals surface area (Å²) < 4.78 is 35.6. The van der Waals surface area contributed by atoms with Crippen LogP contribution in [0.15, 0.2) is 49.0 Å². The minimum absolute atomic E-state index is 0.117. The summed E-state index contributed by atoms with van der Waals surface area (Å²) >= 11 is 0. The van der Waals surface area contributed by atoms with Crippen molar-refractivity contribution in [3.8, 4) is 0 Å². The topological polar surface area (TPSA) is 18.5 Å². The molecule has 1 aliphatic rings. The molecular weight excluding hydrogens is 274 g/mol. The number of ether oxygens (including phenoxy) is 2. The second-order valence-electron chi connectivity index (χ2n) is 5.10. The molecule has 0 atom stereocenters. The third-order valence-corrected chi connectivity index (χ3v) is 3.61. The highest BCUT2D eigenvalue weighted by molar-refractivity contribution is 5.22. The van der Waals surface area contributed by atoms with E-state index in [4.69, 9.17) is 9.47 Å². The number of allylic oxidation sites excluding steroid dienone is 4. The first kappa shape index (κ1) is 17.5. The van der Waals surface area contributed by atoms with Crippen molar-refractivity contribution >= 4 is 0 Å². The molecule has 0 aromatic carbocycles. The molecule has 0 amide bonds. The van der Waals surface area contributed by atoms with Gasteiger partial charge in [0.25, 0.3) is 0 Å². The first-order chi connectivity index (χ1) is 10.2. The molecule has 0 spiro atoms. The fraction of sp³-hybridized carbons (Fsp3) is 0.529. The van der Waals surface area contributed by atoms with Crippen molar-refractivity contribution in [2.24, 2.45) is 11.8 Å². The van der Waals surface area contributed by atoms with Gasteiger partial charge >= 0.3 is 0 Å². The van der Waals surface area contributed by atoms with E-state index in [1.54, 1.807) is 6.92 Å². The maximum absolute atomic E-state index is 13.1. The lowest BCUT2D eigenvalue weighted by molar-refractivity contribution is 0.156. The van der Waals surface area contributed by atoms with E-state index in [1.807, 2.05) is 6.08 Å². The van der Waals surface area contributed by atoms with Crippen LogP contribution in [-0.4, -0.2) is 13.2 Å². The highest BCUT2D eigenvalue weighted by atomic mass is 19.2. The predicted octanol–water partition coefficient (Wildman–Crippen LogP) is 5.21. The van der Waals surface area contributed by atoms with Crippen LogP contribution in [-0.2, 0) is 9.47 Å². The first-order valence-corrected chi connectivity index (χ1v) is 7.41. The zero-order chi connectivity index (χ0) is 15.5. The second-order valence-corrected chi connectivity index (χ2v) is 5.10. The Morgan fingerprint density at radius 3 is 2.57 bits per heavy atom. The van der Waals surface area contributed by atoms with Gasteiger partial charge in [0.15, 0.2) is 11.6 Å². The molecule has 0 aromatic rings. The molecule has 0 aromatic heterocycles. The standard InChI is InChI=1S/C17H24F2O2/c1-3-14-7-9-15(10-8-14)13-20-11-5-6-17(21-4-2)16(19)12-18/h3,5-6,11-12,14-15H,1,4,7-10,13H2,2H3/b11-5+,16-12-,17-6+. The Morgan fingerprint density at radius 2 is 2.00 bits per heavy atom. The summed E-state index contributed by atoms with van der Waals surface area (Å²) in [6, 6.07) is 0. The van der Waals surface area contributed by atoms with Crippen LogP contribution in [0.25, 0.3) is 0 Å². The molecule has 118 valence electrons. The van der Waals surface area contributed by atoms with Crippen LogP contribution >= 0.6 is 0 Å². The lowest BCUT2D eigenvalue weighted by Gasteiger charge is -2.25. The molecule has 0 saturated heterocycles. The molecule has 0 heterocycles. The molecule has 1 aliphatic carbocycles. The van der Waals surface area contributed by atoms with Crippen LogP contribution < -0.4 is 0 Å². The fourth-order valence-corrected chi connectivity index (χ4v) is 2.37. The van der Waals surface area contributed by atoms with Gasteiger partial charge in [0.1, 0.15) is 6.33 Å². The Labute approximate surface area is 125 Å². The van der Waals surface area contributed by atoms with Gasteiger partial charge in [-0.05, 0) is 56.6 Å². The van der Waals surface area contributed by atoms with Gasteiger partial charge in [-0.2, -0.15) is 0 Å². The van der Waals surface area contributed by atoms with Gasteiger partial charge in [0, 0.05) is 0 Å².